The van der Waals surface area contributed by atoms with E-state index in [-0.39, 0.29) is 17.9 Å². The number of anilines is 1. The number of amides is 1. The summed E-state index contributed by atoms with van der Waals surface area (Å²) in [6.07, 6.45) is 3.19. The van der Waals surface area contributed by atoms with E-state index in [4.69, 9.17) is 0 Å². The number of aromatic nitrogens is 1. The molecule has 0 aliphatic heterocycles. The Morgan fingerprint density at radius 3 is 2.50 bits per heavy atom. The Morgan fingerprint density at radius 2 is 1.83 bits per heavy atom. The number of rotatable bonds is 3. The molecule has 0 saturated heterocycles. The van der Waals surface area contributed by atoms with E-state index in [2.05, 4.69) is 5.32 Å². The molecule has 2 rings (SSSR count). The van der Waals surface area contributed by atoms with Crippen molar-refractivity contribution in [2.45, 2.75) is 13.5 Å². The Morgan fingerprint density at radius 1 is 1.17 bits per heavy atom. The van der Waals surface area contributed by atoms with Gasteiger partial charge < -0.3 is 9.88 Å². The minimum atomic E-state index is -0.118. The van der Waals surface area contributed by atoms with Crippen LogP contribution >= 0.6 is 0 Å². The zero-order valence-electron chi connectivity index (χ0n) is 10.1. The summed E-state index contributed by atoms with van der Waals surface area (Å²) in [4.78, 5) is 22.7. The fourth-order valence-corrected chi connectivity index (χ4v) is 1.62. The van der Waals surface area contributed by atoms with E-state index in [0.717, 1.165) is 11.3 Å². The Labute approximate surface area is 105 Å². The first-order valence-electron chi connectivity index (χ1n) is 5.67. The Balaban J connectivity index is 2.03. The molecule has 4 nitrogen and oxygen atoms in total. The van der Waals surface area contributed by atoms with E-state index in [1.165, 1.54) is 12.1 Å². The van der Waals surface area contributed by atoms with Gasteiger partial charge in [0.2, 0.25) is 5.91 Å². The molecule has 0 saturated carbocycles. The van der Waals surface area contributed by atoms with Crippen LogP contribution in [0, 0.1) is 6.92 Å². The molecule has 92 valence electrons. The number of para-hydroxylation sites is 1. The smallest absolute Gasteiger partial charge is 0.244 e. The van der Waals surface area contributed by atoms with E-state index >= 15 is 0 Å². The maximum absolute atomic E-state index is 11.8. The maximum Gasteiger partial charge on any atom is 0.244 e. The van der Waals surface area contributed by atoms with Gasteiger partial charge in [-0.15, -0.1) is 0 Å². The largest absolute Gasteiger partial charge is 0.345 e. The van der Waals surface area contributed by atoms with Crippen molar-refractivity contribution in [3.63, 3.8) is 0 Å². The number of aryl methyl sites for hydroxylation is 1. The second kappa shape index (κ2) is 5.31. The molecule has 1 aromatic heterocycles. The Kier molecular flexibility index (Phi) is 3.57. The monoisotopic (exact) mass is 242 g/mol. The van der Waals surface area contributed by atoms with Crippen LogP contribution in [0.4, 0.5) is 5.69 Å². The lowest BCUT2D eigenvalue weighted by Crippen LogP contribution is -2.19. The van der Waals surface area contributed by atoms with Crippen molar-refractivity contribution in [2.24, 2.45) is 0 Å². The Hall–Kier alpha value is -2.36. The summed E-state index contributed by atoms with van der Waals surface area (Å²) >= 11 is 0. The minimum absolute atomic E-state index is 0.0643. The first-order valence-corrected chi connectivity index (χ1v) is 5.67. The van der Waals surface area contributed by atoms with E-state index in [1.54, 1.807) is 17.0 Å². The lowest BCUT2D eigenvalue weighted by Gasteiger charge is -2.09. The molecule has 0 aliphatic carbocycles. The molecule has 0 atom stereocenters. The van der Waals surface area contributed by atoms with Crippen LogP contribution in [-0.2, 0) is 11.3 Å². The van der Waals surface area contributed by atoms with Gasteiger partial charge in [-0.05, 0) is 18.6 Å². The normalized spacial score (nSPS) is 10.1. The third kappa shape index (κ3) is 3.07. The van der Waals surface area contributed by atoms with Gasteiger partial charge in [-0.2, -0.15) is 0 Å². The summed E-state index contributed by atoms with van der Waals surface area (Å²) in [7, 11) is 0. The number of hydrogen-bond acceptors (Lipinski definition) is 2. The van der Waals surface area contributed by atoms with Gasteiger partial charge in [0.15, 0.2) is 5.43 Å². The molecule has 1 N–H and O–H groups in total. The second-order valence-corrected chi connectivity index (χ2v) is 4.07. The van der Waals surface area contributed by atoms with Crippen LogP contribution in [0.1, 0.15) is 5.56 Å². The number of carbonyl (C=O) groups excluding carboxylic acids is 1. The topological polar surface area (TPSA) is 51.1 Å². The van der Waals surface area contributed by atoms with Gasteiger partial charge in [0.05, 0.1) is 0 Å². The first-order chi connectivity index (χ1) is 8.65. The molecule has 0 aliphatic rings. The molecule has 0 radical (unpaired) electrons. The van der Waals surface area contributed by atoms with Crippen LogP contribution in [0.3, 0.4) is 0 Å². The fourth-order valence-electron chi connectivity index (χ4n) is 1.62. The third-order valence-corrected chi connectivity index (χ3v) is 2.61. The SMILES string of the molecule is Cc1ccccc1NC(=O)Cn1ccc(=O)cc1. The summed E-state index contributed by atoms with van der Waals surface area (Å²) in [6, 6.07) is 10.5. The number of carbonyl (C=O) groups is 1. The van der Waals surface area contributed by atoms with Crippen molar-refractivity contribution < 1.29 is 4.79 Å². The highest BCUT2D eigenvalue weighted by molar-refractivity contribution is 5.91. The molecule has 1 amide bonds. The average molecular weight is 242 g/mol. The maximum atomic E-state index is 11.8. The summed E-state index contributed by atoms with van der Waals surface area (Å²) in [6.45, 7) is 2.13. The van der Waals surface area contributed by atoms with Crippen molar-refractivity contribution in [3.05, 3.63) is 64.6 Å². The highest BCUT2D eigenvalue weighted by Crippen LogP contribution is 2.12. The number of benzene rings is 1. The number of nitrogens with one attached hydrogen (secondary N) is 1. The van der Waals surface area contributed by atoms with Crippen molar-refractivity contribution >= 4 is 11.6 Å². The van der Waals surface area contributed by atoms with E-state index in [1.807, 2.05) is 31.2 Å². The van der Waals surface area contributed by atoms with Gasteiger partial charge in [-0.1, -0.05) is 18.2 Å². The number of nitrogens with zero attached hydrogens (tertiary/aromatic N) is 1. The molecule has 1 heterocycles. The van der Waals surface area contributed by atoms with Crippen molar-refractivity contribution in [1.82, 2.24) is 4.57 Å². The van der Waals surface area contributed by atoms with Gasteiger partial charge in [0, 0.05) is 30.2 Å². The van der Waals surface area contributed by atoms with Gasteiger partial charge in [0.25, 0.3) is 0 Å². The summed E-state index contributed by atoms with van der Waals surface area (Å²) in [5, 5.41) is 2.84. The molecule has 1 aromatic carbocycles. The molecule has 0 bridgehead atoms. The van der Waals surface area contributed by atoms with Crippen LogP contribution in [0.15, 0.2) is 53.6 Å². The van der Waals surface area contributed by atoms with Crippen LogP contribution < -0.4 is 10.7 Å². The predicted octanol–water partition coefficient (Wildman–Crippen LogP) is 1.80. The second-order valence-electron chi connectivity index (χ2n) is 4.07. The minimum Gasteiger partial charge on any atom is -0.345 e. The van der Waals surface area contributed by atoms with E-state index in [0.29, 0.717) is 0 Å². The predicted molar refractivity (Wildman–Crippen MR) is 70.5 cm³/mol. The van der Waals surface area contributed by atoms with Crippen molar-refractivity contribution in [2.75, 3.05) is 5.32 Å². The zero-order valence-corrected chi connectivity index (χ0v) is 10.1. The summed E-state index contributed by atoms with van der Waals surface area (Å²) in [5.74, 6) is -0.118. The molecule has 0 spiro atoms. The van der Waals surface area contributed by atoms with Gasteiger partial charge in [0.1, 0.15) is 6.54 Å². The van der Waals surface area contributed by atoms with Crippen molar-refractivity contribution in [3.8, 4) is 0 Å². The summed E-state index contributed by atoms with van der Waals surface area (Å²) < 4.78 is 1.66. The van der Waals surface area contributed by atoms with Crippen molar-refractivity contribution in [1.29, 1.82) is 0 Å². The van der Waals surface area contributed by atoms with Crippen LogP contribution in [0.25, 0.3) is 0 Å². The van der Waals surface area contributed by atoms with Gasteiger partial charge in [-0.3, -0.25) is 9.59 Å². The molecule has 0 unspecified atom stereocenters. The lowest BCUT2D eigenvalue weighted by molar-refractivity contribution is -0.116. The van der Waals surface area contributed by atoms with E-state index < -0.39 is 0 Å². The third-order valence-electron chi connectivity index (χ3n) is 2.61. The highest BCUT2D eigenvalue weighted by Gasteiger charge is 2.04. The number of hydrogen-bond donors (Lipinski definition) is 1. The van der Waals surface area contributed by atoms with Crippen LogP contribution in [0.5, 0.6) is 0 Å². The van der Waals surface area contributed by atoms with Gasteiger partial charge >= 0.3 is 0 Å². The van der Waals surface area contributed by atoms with E-state index in [9.17, 15) is 9.59 Å². The highest BCUT2D eigenvalue weighted by atomic mass is 16.2. The molecule has 2 aromatic rings. The molecule has 18 heavy (non-hydrogen) atoms. The zero-order chi connectivity index (χ0) is 13.0. The number of pyridine rings is 1. The average Bonchev–Trinajstić information content (AvgIpc) is 2.35. The molecular weight excluding hydrogens is 228 g/mol. The Bertz CT molecular complexity index is 597. The first kappa shape index (κ1) is 12.1. The lowest BCUT2D eigenvalue weighted by atomic mass is 10.2. The van der Waals surface area contributed by atoms with Gasteiger partial charge in [-0.25, -0.2) is 0 Å². The molecule has 4 heteroatoms. The fraction of sp³-hybridized carbons (Fsp3) is 0.143. The standard InChI is InChI=1S/C14H14N2O2/c1-11-4-2-3-5-13(11)15-14(18)10-16-8-6-12(17)7-9-16/h2-9H,10H2,1H3,(H,15,18). The van der Waals surface area contributed by atoms with Crippen LogP contribution in [0.2, 0.25) is 0 Å². The molecule has 0 fully saturated rings. The quantitative estimate of drug-likeness (QED) is 0.892. The molecular formula is C14H14N2O2. The summed E-state index contributed by atoms with van der Waals surface area (Å²) in [5.41, 5.74) is 1.76. The van der Waals surface area contributed by atoms with Crippen LogP contribution in [-0.4, -0.2) is 10.5 Å².